The maximum atomic E-state index is 13.7. The Morgan fingerprint density at radius 2 is 2.12 bits per heavy atom. The second-order valence-electron chi connectivity index (χ2n) is 4.35. The number of nitrogens with two attached hydrogens (primary N) is 1. The van der Waals surface area contributed by atoms with Crippen LogP contribution in [0.15, 0.2) is 18.2 Å². The van der Waals surface area contributed by atoms with Crippen molar-refractivity contribution < 1.29 is 9.13 Å². The molecule has 0 amide bonds. The highest BCUT2D eigenvalue weighted by molar-refractivity contribution is 5.84. The molecule has 17 heavy (non-hydrogen) atoms. The molecule has 3 rings (SSSR count). The second kappa shape index (κ2) is 3.37. The van der Waals surface area contributed by atoms with Gasteiger partial charge in [-0.25, -0.2) is 9.37 Å². The summed E-state index contributed by atoms with van der Waals surface area (Å²) < 4.78 is 18.8. The van der Waals surface area contributed by atoms with Crippen molar-refractivity contribution in [2.75, 3.05) is 7.11 Å². The lowest BCUT2D eigenvalue weighted by molar-refractivity contribution is 0.396. The van der Waals surface area contributed by atoms with E-state index in [1.165, 1.54) is 13.2 Å². The molecular weight excluding hydrogens is 221 g/mol. The van der Waals surface area contributed by atoms with E-state index in [4.69, 9.17) is 10.5 Å². The summed E-state index contributed by atoms with van der Waals surface area (Å²) in [6.45, 7) is 0. The number of ether oxygens (including phenoxy) is 1. The summed E-state index contributed by atoms with van der Waals surface area (Å²) in [5.74, 6) is 0.403. The van der Waals surface area contributed by atoms with Crippen LogP contribution in [-0.4, -0.2) is 17.1 Å². The van der Waals surface area contributed by atoms with Crippen LogP contribution in [0.2, 0.25) is 0 Å². The minimum atomic E-state index is -0.451. The van der Waals surface area contributed by atoms with Crippen LogP contribution in [0.4, 0.5) is 4.39 Å². The SMILES string of the molecule is COc1nc(C2(N)CC2)nc2cccc(F)c12. The molecule has 1 heterocycles. The van der Waals surface area contributed by atoms with Gasteiger partial charge in [0.15, 0.2) is 5.82 Å². The van der Waals surface area contributed by atoms with Crippen LogP contribution in [0.1, 0.15) is 18.7 Å². The van der Waals surface area contributed by atoms with Crippen LogP contribution < -0.4 is 10.5 Å². The van der Waals surface area contributed by atoms with E-state index in [2.05, 4.69) is 9.97 Å². The molecule has 0 unspecified atom stereocenters. The number of rotatable bonds is 2. The zero-order chi connectivity index (χ0) is 12.0. The van der Waals surface area contributed by atoms with Crippen LogP contribution >= 0.6 is 0 Å². The van der Waals surface area contributed by atoms with Crippen molar-refractivity contribution in [3.63, 3.8) is 0 Å². The first-order valence-corrected chi connectivity index (χ1v) is 5.44. The number of halogens is 1. The van der Waals surface area contributed by atoms with Crippen LogP contribution in [0.3, 0.4) is 0 Å². The van der Waals surface area contributed by atoms with Crippen LogP contribution in [0.5, 0.6) is 5.88 Å². The molecule has 88 valence electrons. The third-order valence-electron chi connectivity index (χ3n) is 3.07. The summed E-state index contributed by atoms with van der Waals surface area (Å²) >= 11 is 0. The minimum Gasteiger partial charge on any atom is -0.480 e. The minimum absolute atomic E-state index is 0.250. The third-order valence-corrected chi connectivity index (χ3v) is 3.07. The first-order valence-electron chi connectivity index (χ1n) is 5.44. The van der Waals surface area contributed by atoms with E-state index < -0.39 is 5.54 Å². The fourth-order valence-corrected chi connectivity index (χ4v) is 1.84. The number of hydrogen-bond donors (Lipinski definition) is 1. The molecule has 0 spiro atoms. The third kappa shape index (κ3) is 1.54. The molecule has 1 aliphatic carbocycles. The van der Waals surface area contributed by atoms with E-state index in [0.29, 0.717) is 16.7 Å². The van der Waals surface area contributed by atoms with E-state index in [-0.39, 0.29) is 11.7 Å². The Hall–Kier alpha value is -1.75. The molecule has 0 aliphatic heterocycles. The van der Waals surface area contributed by atoms with Gasteiger partial charge in [-0.3, -0.25) is 0 Å². The van der Waals surface area contributed by atoms with E-state index in [1.807, 2.05) is 0 Å². The summed E-state index contributed by atoms with van der Waals surface area (Å²) in [4.78, 5) is 8.54. The van der Waals surface area contributed by atoms with Gasteiger partial charge in [0.1, 0.15) is 5.82 Å². The van der Waals surface area contributed by atoms with E-state index in [0.717, 1.165) is 12.8 Å². The average Bonchev–Trinajstić information content (AvgIpc) is 3.07. The van der Waals surface area contributed by atoms with Crippen LogP contribution in [-0.2, 0) is 5.54 Å². The zero-order valence-corrected chi connectivity index (χ0v) is 9.40. The van der Waals surface area contributed by atoms with Gasteiger partial charge < -0.3 is 10.5 Å². The van der Waals surface area contributed by atoms with Crippen molar-refractivity contribution in [3.8, 4) is 5.88 Å². The first-order chi connectivity index (χ1) is 8.14. The van der Waals surface area contributed by atoms with Gasteiger partial charge in [0, 0.05) is 0 Å². The molecule has 1 saturated carbocycles. The van der Waals surface area contributed by atoms with Crippen LogP contribution in [0.25, 0.3) is 10.9 Å². The van der Waals surface area contributed by atoms with E-state index in [9.17, 15) is 4.39 Å². The number of benzene rings is 1. The smallest absolute Gasteiger partial charge is 0.227 e. The number of hydrogen-bond acceptors (Lipinski definition) is 4. The summed E-state index contributed by atoms with van der Waals surface area (Å²) in [5, 5.41) is 0.308. The molecule has 1 aromatic carbocycles. The molecule has 0 atom stereocenters. The maximum Gasteiger partial charge on any atom is 0.227 e. The molecular formula is C12H12FN3O. The van der Waals surface area contributed by atoms with Crippen molar-refractivity contribution in [2.24, 2.45) is 5.73 Å². The lowest BCUT2D eigenvalue weighted by atomic mass is 10.2. The van der Waals surface area contributed by atoms with Crippen molar-refractivity contribution in [1.82, 2.24) is 9.97 Å². The molecule has 5 heteroatoms. The second-order valence-corrected chi connectivity index (χ2v) is 4.35. The molecule has 0 bridgehead atoms. The normalized spacial score (nSPS) is 17.1. The van der Waals surface area contributed by atoms with Gasteiger partial charge in [-0.2, -0.15) is 4.98 Å². The van der Waals surface area contributed by atoms with Gasteiger partial charge in [-0.05, 0) is 25.0 Å². The Morgan fingerprint density at radius 1 is 1.35 bits per heavy atom. The summed E-state index contributed by atoms with van der Waals surface area (Å²) in [5.41, 5.74) is 6.13. The van der Waals surface area contributed by atoms with E-state index >= 15 is 0 Å². The number of nitrogens with zero attached hydrogens (tertiary/aromatic N) is 2. The first kappa shape index (κ1) is 10.4. The lowest BCUT2D eigenvalue weighted by Crippen LogP contribution is -2.22. The number of methoxy groups -OCH3 is 1. The highest BCUT2D eigenvalue weighted by Crippen LogP contribution is 2.42. The topological polar surface area (TPSA) is 61.0 Å². The van der Waals surface area contributed by atoms with Crippen molar-refractivity contribution in [2.45, 2.75) is 18.4 Å². The van der Waals surface area contributed by atoms with Gasteiger partial charge in [-0.1, -0.05) is 6.07 Å². The standard InChI is InChI=1S/C12H12FN3O/c1-17-10-9-7(13)3-2-4-8(9)15-11(16-10)12(14)5-6-12/h2-4H,5-6,14H2,1H3. The van der Waals surface area contributed by atoms with Crippen molar-refractivity contribution in [3.05, 3.63) is 29.8 Å². The zero-order valence-electron chi connectivity index (χ0n) is 9.40. The summed E-state index contributed by atoms with van der Waals surface area (Å²) in [7, 11) is 1.47. The Labute approximate surface area is 97.6 Å². The lowest BCUT2D eigenvalue weighted by Gasteiger charge is -2.11. The molecule has 1 aliphatic rings. The summed E-state index contributed by atoms with van der Waals surface area (Å²) in [6.07, 6.45) is 1.72. The predicted octanol–water partition coefficient (Wildman–Crippen LogP) is 1.73. The fraction of sp³-hybridized carbons (Fsp3) is 0.333. The monoisotopic (exact) mass is 233 g/mol. The molecule has 2 aromatic rings. The van der Waals surface area contributed by atoms with Gasteiger partial charge in [-0.15, -0.1) is 0 Å². The van der Waals surface area contributed by atoms with Gasteiger partial charge in [0.25, 0.3) is 0 Å². The maximum absolute atomic E-state index is 13.7. The molecule has 0 radical (unpaired) electrons. The number of fused-ring (bicyclic) bond motifs is 1. The van der Waals surface area contributed by atoms with Gasteiger partial charge in [0.05, 0.1) is 23.6 Å². The Morgan fingerprint density at radius 3 is 2.76 bits per heavy atom. The van der Waals surface area contributed by atoms with Crippen molar-refractivity contribution >= 4 is 10.9 Å². The predicted molar refractivity (Wildman–Crippen MR) is 61.1 cm³/mol. The van der Waals surface area contributed by atoms with Gasteiger partial charge in [0.2, 0.25) is 5.88 Å². The van der Waals surface area contributed by atoms with Crippen molar-refractivity contribution in [1.29, 1.82) is 0 Å². The Kier molecular flexibility index (Phi) is 2.06. The molecule has 2 N–H and O–H groups in total. The number of aromatic nitrogens is 2. The average molecular weight is 233 g/mol. The molecule has 4 nitrogen and oxygen atoms in total. The van der Waals surface area contributed by atoms with Gasteiger partial charge >= 0.3 is 0 Å². The van der Waals surface area contributed by atoms with E-state index in [1.54, 1.807) is 12.1 Å². The largest absolute Gasteiger partial charge is 0.480 e. The molecule has 0 saturated heterocycles. The Balaban J connectivity index is 2.30. The molecule has 1 fully saturated rings. The van der Waals surface area contributed by atoms with Crippen LogP contribution in [0, 0.1) is 5.82 Å². The highest BCUT2D eigenvalue weighted by atomic mass is 19.1. The quantitative estimate of drug-likeness (QED) is 0.858. The highest BCUT2D eigenvalue weighted by Gasteiger charge is 2.43. The summed E-state index contributed by atoms with van der Waals surface area (Å²) in [6, 6.07) is 4.71. The Bertz CT molecular complexity index is 596. The molecule has 1 aromatic heterocycles. The fourth-order valence-electron chi connectivity index (χ4n) is 1.84.